The van der Waals surface area contributed by atoms with Crippen LogP contribution in [0.5, 0.6) is 0 Å². The molecule has 0 radical (unpaired) electrons. The lowest BCUT2D eigenvalue weighted by molar-refractivity contribution is 0.260. The van der Waals surface area contributed by atoms with Crippen LogP contribution in [0.2, 0.25) is 0 Å². The third-order valence-corrected chi connectivity index (χ3v) is 3.22. The molecule has 1 rings (SSSR count). The molecule has 0 unspecified atom stereocenters. The summed E-state index contributed by atoms with van der Waals surface area (Å²) in [4.78, 5) is 0. The van der Waals surface area contributed by atoms with Crippen LogP contribution < -0.4 is 5.32 Å². The Balaban J connectivity index is 2.28. The van der Waals surface area contributed by atoms with Crippen molar-refractivity contribution in [2.75, 3.05) is 0 Å². The molecule has 1 fully saturated rings. The van der Waals surface area contributed by atoms with Gasteiger partial charge in [0, 0.05) is 12.1 Å². The molecule has 0 spiro atoms. The monoisotopic (exact) mass is 169 g/mol. The summed E-state index contributed by atoms with van der Waals surface area (Å²) in [6, 6.07) is 1.50. The van der Waals surface area contributed by atoms with Gasteiger partial charge in [-0.25, -0.2) is 0 Å². The summed E-state index contributed by atoms with van der Waals surface area (Å²) in [6.45, 7) is 6.94. The van der Waals surface area contributed by atoms with E-state index in [2.05, 4.69) is 26.1 Å². The molecule has 12 heavy (non-hydrogen) atoms. The maximum absolute atomic E-state index is 3.72. The van der Waals surface area contributed by atoms with Gasteiger partial charge in [-0.05, 0) is 32.1 Å². The van der Waals surface area contributed by atoms with Gasteiger partial charge in [0.2, 0.25) is 0 Å². The normalized spacial score (nSPS) is 33.2. The van der Waals surface area contributed by atoms with Gasteiger partial charge < -0.3 is 5.32 Å². The number of hydrogen-bond donors (Lipinski definition) is 1. The fraction of sp³-hybridized carbons (Fsp3) is 1.00. The lowest BCUT2D eigenvalue weighted by Gasteiger charge is -2.31. The molecule has 0 bridgehead atoms. The first-order valence-electron chi connectivity index (χ1n) is 5.50. The minimum absolute atomic E-state index is 0.704. The standard InChI is InChI=1S/C11H23N/c1-4-10(3)12-11-8-6-5-7-9(11)2/h9-12H,4-8H2,1-3H3/t9-,10+,11-/m1/s1. The van der Waals surface area contributed by atoms with Gasteiger partial charge in [-0.3, -0.25) is 0 Å². The minimum Gasteiger partial charge on any atom is -0.311 e. The van der Waals surface area contributed by atoms with E-state index in [9.17, 15) is 0 Å². The summed E-state index contributed by atoms with van der Waals surface area (Å²) in [5.41, 5.74) is 0. The highest BCUT2D eigenvalue weighted by atomic mass is 14.9. The van der Waals surface area contributed by atoms with Crippen molar-refractivity contribution in [1.82, 2.24) is 5.32 Å². The Bertz CT molecular complexity index is 122. The molecular weight excluding hydrogens is 146 g/mol. The van der Waals surface area contributed by atoms with Gasteiger partial charge >= 0.3 is 0 Å². The summed E-state index contributed by atoms with van der Waals surface area (Å²) < 4.78 is 0. The molecule has 1 heteroatoms. The first-order valence-corrected chi connectivity index (χ1v) is 5.50. The highest BCUT2D eigenvalue weighted by Crippen LogP contribution is 2.24. The quantitative estimate of drug-likeness (QED) is 0.685. The Morgan fingerprint density at radius 1 is 1.33 bits per heavy atom. The Hall–Kier alpha value is -0.0400. The molecule has 0 amide bonds. The fourth-order valence-electron chi connectivity index (χ4n) is 2.05. The number of nitrogens with one attached hydrogen (secondary N) is 1. The molecule has 0 aromatic rings. The van der Waals surface area contributed by atoms with E-state index in [0.717, 1.165) is 12.0 Å². The Kier molecular flexibility index (Phi) is 4.07. The Morgan fingerprint density at radius 3 is 2.58 bits per heavy atom. The number of hydrogen-bond acceptors (Lipinski definition) is 1. The van der Waals surface area contributed by atoms with Crippen molar-refractivity contribution in [2.24, 2.45) is 5.92 Å². The maximum atomic E-state index is 3.72. The van der Waals surface area contributed by atoms with E-state index in [4.69, 9.17) is 0 Å². The van der Waals surface area contributed by atoms with E-state index < -0.39 is 0 Å². The second-order valence-electron chi connectivity index (χ2n) is 4.34. The smallest absolute Gasteiger partial charge is 0.00951 e. The highest BCUT2D eigenvalue weighted by Gasteiger charge is 2.21. The van der Waals surface area contributed by atoms with Crippen molar-refractivity contribution in [3.8, 4) is 0 Å². The molecule has 0 aromatic heterocycles. The molecule has 0 saturated heterocycles. The zero-order chi connectivity index (χ0) is 8.97. The molecule has 1 nitrogen and oxygen atoms in total. The van der Waals surface area contributed by atoms with Gasteiger partial charge in [0.05, 0.1) is 0 Å². The summed E-state index contributed by atoms with van der Waals surface area (Å²) in [5.74, 6) is 0.896. The topological polar surface area (TPSA) is 12.0 Å². The molecule has 0 aliphatic heterocycles. The predicted octanol–water partition coefficient (Wildman–Crippen LogP) is 2.95. The predicted molar refractivity (Wildman–Crippen MR) is 54.3 cm³/mol. The van der Waals surface area contributed by atoms with Gasteiger partial charge in [-0.1, -0.05) is 26.7 Å². The first kappa shape index (κ1) is 10.0. The van der Waals surface area contributed by atoms with Gasteiger partial charge in [-0.2, -0.15) is 0 Å². The lowest BCUT2D eigenvalue weighted by atomic mass is 9.85. The van der Waals surface area contributed by atoms with Crippen molar-refractivity contribution in [2.45, 2.75) is 65.0 Å². The van der Waals surface area contributed by atoms with E-state index in [-0.39, 0.29) is 0 Å². The van der Waals surface area contributed by atoms with Crippen LogP contribution in [-0.4, -0.2) is 12.1 Å². The third kappa shape index (κ3) is 2.78. The van der Waals surface area contributed by atoms with Gasteiger partial charge in [0.15, 0.2) is 0 Å². The van der Waals surface area contributed by atoms with Crippen molar-refractivity contribution in [3.05, 3.63) is 0 Å². The molecule has 1 N–H and O–H groups in total. The summed E-state index contributed by atoms with van der Waals surface area (Å²) in [6.07, 6.45) is 6.95. The third-order valence-electron chi connectivity index (χ3n) is 3.22. The van der Waals surface area contributed by atoms with Crippen LogP contribution in [0.25, 0.3) is 0 Å². The Labute approximate surface area is 76.9 Å². The molecule has 0 aromatic carbocycles. The summed E-state index contributed by atoms with van der Waals surface area (Å²) in [7, 11) is 0. The molecular formula is C11H23N. The average molecular weight is 169 g/mol. The molecule has 0 heterocycles. The van der Waals surface area contributed by atoms with Crippen LogP contribution >= 0.6 is 0 Å². The maximum Gasteiger partial charge on any atom is 0.00951 e. The van der Waals surface area contributed by atoms with E-state index >= 15 is 0 Å². The van der Waals surface area contributed by atoms with Crippen molar-refractivity contribution in [3.63, 3.8) is 0 Å². The van der Waals surface area contributed by atoms with Crippen molar-refractivity contribution < 1.29 is 0 Å². The second-order valence-corrected chi connectivity index (χ2v) is 4.34. The first-order chi connectivity index (χ1) is 5.74. The molecule has 72 valence electrons. The minimum atomic E-state index is 0.704. The fourth-order valence-corrected chi connectivity index (χ4v) is 2.05. The van der Waals surface area contributed by atoms with Crippen LogP contribution in [0, 0.1) is 5.92 Å². The molecule has 1 aliphatic rings. The zero-order valence-electron chi connectivity index (χ0n) is 8.77. The Morgan fingerprint density at radius 2 is 2.00 bits per heavy atom. The van der Waals surface area contributed by atoms with Gasteiger partial charge in [-0.15, -0.1) is 0 Å². The SMILES string of the molecule is CC[C@H](C)N[C@@H]1CCCC[C@H]1C. The average Bonchev–Trinajstić information content (AvgIpc) is 2.09. The van der Waals surface area contributed by atoms with E-state index in [1.165, 1.54) is 32.1 Å². The van der Waals surface area contributed by atoms with Crippen LogP contribution in [0.15, 0.2) is 0 Å². The van der Waals surface area contributed by atoms with Crippen molar-refractivity contribution in [1.29, 1.82) is 0 Å². The van der Waals surface area contributed by atoms with Crippen LogP contribution in [0.3, 0.4) is 0 Å². The van der Waals surface area contributed by atoms with E-state index in [1.54, 1.807) is 0 Å². The largest absolute Gasteiger partial charge is 0.311 e. The zero-order valence-corrected chi connectivity index (χ0v) is 8.77. The summed E-state index contributed by atoms with van der Waals surface area (Å²) >= 11 is 0. The van der Waals surface area contributed by atoms with Crippen LogP contribution in [0.1, 0.15) is 52.9 Å². The van der Waals surface area contributed by atoms with Crippen molar-refractivity contribution >= 4 is 0 Å². The lowest BCUT2D eigenvalue weighted by Crippen LogP contribution is -2.41. The van der Waals surface area contributed by atoms with Gasteiger partial charge in [0.1, 0.15) is 0 Å². The number of rotatable bonds is 3. The second kappa shape index (κ2) is 4.86. The van der Waals surface area contributed by atoms with Crippen LogP contribution in [-0.2, 0) is 0 Å². The van der Waals surface area contributed by atoms with Crippen LogP contribution in [0.4, 0.5) is 0 Å². The summed E-state index contributed by atoms with van der Waals surface area (Å²) in [5, 5.41) is 3.72. The van der Waals surface area contributed by atoms with E-state index in [1.807, 2.05) is 0 Å². The molecule has 3 atom stereocenters. The molecule has 1 saturated carbocycles. The van der Waals surface area contributed by atoms with E-state index in [0.29, 0.717) is 6.04 Å². The highest BCUT2D eigenvalue weighted by molar-refractivity contribution is 4.79. The van der Waals surface area contributed by atoms with Gasteiger partial charge in [0.25, 0.3) is 0 Å². The molecule has 1 aliphatic carbocycles.